The van der Waals surface area contributed by atoms with Gasteiger partial charge in [-0.1, -0.05) is 0 Å². The molecule has 1 aliphatic heterocycles. The Balaban J connectivity index is 2.30. The van der Waals surface area contributed by atoms with Crippen LogP contribution in [0, 0.1) is 0 Å². The second kappa shape index (κ2) is 7.86. The minimum absolute atomic E-state index is 0.268. The largest absolute Gasteiger partial charge is 0.487 e. The molecule has 0 bridgehead atoms. The first-order chi connectivity index (χ1) is 10.7. The van der Waals surface area contributed by atoms with E-state index >= 15 is 0 Å². The second-order valence-electron chi connectivity index (χ2n) is 4.61. The SMILES string of the molecule is COCCOc1ccc(C(=O)OC)c2c1OC(COC)CO2. The van der Waals surface area contributed by atoms with E-state index in [4.69, 9.17) is 28.4 Å². The van der Waals surface area contributed by atoms with Gasteiger partial charge >= 0.3 is 5.97 Å². The summed E-state index contributed by atoms with van der Waals surface area (Å²) in [6.45, 7) is 1.46. The molecule has 122 valence electrons. The van der Waals surface area contributed by atoms with Gasteiger partial charge in [-0.25, -0.2) is 4.79 Å². The van der Waals surface area contributed by atoms with Gasteiger partial charge in [-0.15, -0.1) is 0 Å². The highest BCUT2D eigenvalue weighted by atomic mass is 16.6. The van der Waals surface area contributed by atoms with Gasteiger partial charge in [0, 0.05) is 14.2 Å². The number of ether oxygens (including phenoxy) is 6. The minimum atomic E-state index is -0.492. The van der Waals surface area contributed by atoms with Gasteiger partial charge in [0.25, 0.3) is 0 Å². The van der Waals surface area contributed by atoms with E-state index < -0.39 is 5.97 Å². The van der Waals surface area contributed by atoms with E-state index in [0.717, 1.165) is 0 Å². The quantitative estimate of drug-likeness (QED) is 0.555. The van der Waals surface area contributed by atoms with Crippen molar-refractivity contribution in [3.63, 3.8) is 0 Å². The van der Waals surface area contributed by atoms with Crippen molar-refractivity contribution in [2.75, 3.05) is 47.8 Å². The Bertz CT molecular complexity index is 515. The molecule has 7 heteroatoms. The van der Waals surface area contributed by atoms with Crippen LogP contribution in [0.2, 0.25) is 0 Å². The van der Waals surface area contributed by atoms with E-state index in [-0.39, 0.29) is 12.7 Å². The Kier molecular flexibility index (Phi) is 5.85. The summed E-state index contributed by atoms with van der Waals surface area (Å²) in [7, 11) is 4.49. The van der Waals surface area contributed by atoms with Crippen LogP contribution in [0.25, 0.3) is 0 Å². The van der Waals surface area contributed by atoms with Crippen molar-refractivity contribution in [2.24, 2.45) is 0 Å². The summed E-state index contributed by atoms with van der Waals surface area (Å²) in [5.74, 6) is 0.704. The highest BCUT2D eigenvalue weighted by Gasteiger charge is 2.29. The number of esters is 1. The van der Waals surface area contributed by atoms with E-state index in [1.165, 1.54) is 7.11 Å². The molecule has 0 aliphatic carbocycles. The first-order valence-corrected chi connectivity index (χ1v) is 6.86. The summed E-state index contributed by atoms with van der Waals surface area (Å²) in [4.78, 5) is 11.8. The fraction of sp³-hybridized carbons (Fsp3) is 0.533. The highest BCUT2D eigenvalue weighted by Crippen LogP contribution is 2.43. The zero-order valence-electron chi connectivity index (χ0n) is 12.9. The third kappa shape index (κ3) is 3.61. The Morgan fingerprint density at radius 2 is 2.00 bits per heavy atom. The monoisotopic (exact) mass is 312 g/mol. The van der Waals surface area contributed by atoms with Gasteiger partial charge in [-0.05, 0) is 12.1 Å². The van der Waals surface area contributed by atoms with E-state index in [1.807, 2.05) is 0 Å². The van der Waals surface area contributed by atoms with Crippen molar-refractivity contribution < 1.29 is 33.2 Å². The molecule has 1 atom stereocenters. The number of carbonyl (C=O) groups is 1. The molecule has 0 fully saturated rings. The molecular formula is C15H20O7. The van der Waals surface area contributed by atoms with Crippen molar-refractivity contribution in [3.05, 3.63) is 17.7 Å². The zero-order chi connectivity index (χ0) is 15.9. The maximum absolute atomic E-state index is 11.8. The summed E-state index contributed by atoms with van der Waals surface area (Å²) < 4.78 is 31.9. The average Bonchev–Trinajstić information content (AvgIpc) is 2.54. The van der Waals surface area contributed by atoms with Gasteiger partial charge in [0.15, 0.2) is 17.6 Å². The number of fused-ring (bicyclic) bond motifs is 1. The van der Waals surface area contributed by atoms with Crippen LogP contribution in [0.4, 0.5) is 0 Å². The molecule has 0 saturated carbocycles. The molecule has 0 amide bonds. The van der Waals surface area contributed by atoms with Crippen LogP contribution in [-0.2, 0) is 14.2 Å². The molecule has 0 N–H and O–H groups in total. The van der Waals surface area contributed by atoms with Gasteiger partial charge in [-0.3, -0.25) is 0 Å². The molecule has 0 radical (unpaired) electrons. The molecule has 1 aromatic carbocycles. The summed E-state index contributed by atoms with van der Waals surface area (Å²) in [6, 6.07) is 3.24. The van der Waals surface area contributed by atoms with Crippen molar-refractivity contribution in [3.8, 4) is 17.2 Å². The predicted molar refractivity (Wildman–Crippen MR) is 76.9 cm³/mol. The van der Waals surface area contributed by atoms with Crippen molar-refractivity contribution in [2.45, 2.75) is 6.10 Å². The van der Waals surface area contributed by atoms with E-state index in [2.05, 4.69) is 0 Å². The lowest BCUT2D eigenvalue weighted by molar-refractivity contribution is 0.0224. The number of methoxy groups -OCH3 is 3. The number of hydrogen-bond donors (Lipinski definition) is 0. The fourth-order valence-electron chi connectivity index (χ4n) is 2.06. The van der Waals surface area contributed by atoms with Gasteiger partial charge in [0.1, 0.15) is 18.8 Å². The molecule has 1 aliphatic rings. The topological polar surface area (TPSA) is 72.5 Å². The first kappa shape index (κ1) is 16.4. The van der Waals surface area contributed by atoms with Crippen molar-refractivity contribution in [1.29, 1.82) is 0 Å². The Labute approximate surface area is 129 Å². The maximum atomic E-state index is 11.8. The van der Waals surface area contributed by atoms with E-state index in [0.29, 0.717) is 42.6 Å². The summed E-state index contributed by atoms with van der Waals surface area (Å²) in [5.41, 5.74) is 0.299. The van der Waals surface area contributed by atoms with Gasteiger partial charge in [0.05, 0.1) is 20.3 Å². The van der Waals surface area contributed by atoms with Crippen LogP contribution in [0.5, 0.6) is 17.2 Å². The first-order valence-electron chi connectivity index (χ1n) is 6.86. The molecule has 22 heavy (non-hydrogen) atoms. The third-order valence-corrected chi connectivity index (χ3v) is 3.08. The number of benzene rings is 1. The number of rotatable bonds is 7. The molecule has 0 spiro atoms. The Hall–Kier alpha value is -1.99. The van der Waals surface area contributed by atoms with Gasteiger partial charge < -0.3 is 28.4 Å². The van der Waals surface area contributed by atoms with Crippen LogP contribution in [-0.4, -0.2) is 59.8 Å². The minimum Gasteiger partial charge on any atom is -0.487 e. The van der Waals surface area contributed by atoms with E-state index in [1.54, 1.807) is 26.4 Å². The smallest absolute Gasteiger partial charge is 0.341 e. The molecule has 1 unspecified atom stereocenters. The normalized spacial score (nSPS) is 16.2. The fourth-order valence-corrected chi connectivity index (χ4v) is 2.06. The number of hydrogen-bond acceptors (Lipinski definition) is 7. The third-order valence-electron chi connectivity index (χ3n) is 3.08. The van der Waals surface area contributed by atoms with Gasteiger partial charge in [0.2, 0.25) is 5.75 Å². The molecule has 0 aromatic heterocycles. The predicted octanol–water partition coefficient (Wildman–Crippen LogP) is 1.28. The standard InChI is InChI=1S/C15H20O7/c1-17-6-7-20-12-5-4-11(15(16)19-3)13-14(12)22-10(8-18-2)9-21-13/h4-5,10H,6-9H2,1-3H3. The second-order valence-corrected chi connectivity index (χ2v) is 4.61. The number of carbonyl (C=O) groups excluding carboxylic acids is 1. The van der Waals surface area contributed by atoms with E-state index in [9.17, 15) is 4.79 Å². The molecule has 7 nitrogen and oxygen atoms in total. The van der Waals surface area contributed by atoms with Crippen LogP contribution in [0.15, 0.2) is 12.1 Å². The van der Waals surface area contributed by atoms with Crippen LogP contribution < -0.4 is 14.2 Å². The Morgan fingerprint density at radius 1 is 1.18 bits per heavy atom. The van der Waals surface area contributed by atoms with Crippen LogP contribution in [0.3, 0.4) is 0 Å². The summed E-state index contributed by atoms with van der Waals surface area (Å²) >= 11 is 0. The molecule has 0 saturated heterocycles. The zero-order valence-corrected chi connectivity index (χ0v) is 12.9. The van der Waals surface area contributed by atoms with Crippen LogP contribution in [0.1, 0.15) is 10.4 Å². The lowest BCUT2D eigenvalue weighted by Gasteiger charge is -2.28. The molecule has 1 aromatic rings. The van der Waals surface area contributed by atoms with Crippen LogP contribution >= 0.6 is 0 Å². The average molecular weight is 312 g/mol. The Morgan fingerprint density at radius 3 is 2.68 bits per heavy atom. The molecule has 1 heterocycles. The van der Waals surface area contributed by atoms with Crippen molar-refractivity contribution in [1.82, 2.24) is 0 Å². The summed E-state index contributed by atoms with van der Waals surface area (Å²) in [5, 5.41) is 0. The van der Waals surface area contributed by atoms with Crippen molar-refractivity contribution >= 4 is 5.97 Å². The lowest BCUT2D eigenvalue weighted by Crippen LogP contribution is -2.34. The summed E-state index contributed by atoms with van der Waals surface area (Å²) in [6.07, 6.45) is -0.268. The lowest BCUT2D eigenvalue weighted by atomic mass is 10.1. The maximum Gasteiger partial charge on any atom is 0.341 e. The van der Waals surface area contributed by atoms with Gasteiger partial charge in [-0.2, -0.15) is 0 Å². The highest BCUT2D eigenvalue weighted by molar-refractivity contribution is 5.94. The molecular weight excluding hydrogens is 292 g/mol. The molecule has 2 rings (SSSR count).